The summed E-state index contributed by atoms with van der Waals surface area (Å²) in [5.41, 5.74) is 2.01. The number of imide groups is 1. The summed E-state index contributed by atoms with van der Waals surface area (Å²) in [5.74, 6) is -0.447. The van der Waals surface area contributed by atoms with Crippen molar-refractivity contribution in [3.63, 3.8) is 0 Å². The molecule has 1 aliphatic rings. The molecule has 0 spiro atoms. The fraction of sp³-hybridized carbons (Fsp3) is 0.214. The Morgan fingerprint density at radius 2 is 1.50 bits per heavy atom. The molecule has 0 saturated carbocycles. The summed E-state index contributed by atoms with van der Waals surface area (Å²) in [6.07, 6.45) is 0. The van der Waals surface area contributed by atoms with Gasteiger partial charge in [0.2, 0.25) is 0 Å². The number of benzene rings is 3. The number of hydrogen-bond acceptors (Lipinski definition) is 6. The highest BCUT2D eigenvalue weighted by Gasteiger charge is 2.36. The molecule has 1 N–H and O–H groups in total. The maximum atomic E-state index is 13.7. The molecule has 1 aromatic heterocycles. The van der Waals surface area contributed by atoms with Crippen molar-refractivity contribution in [1.82, 2.24) is 19.4 Å². The molecule has 0 atom stereocenters. The molecule has 3 aromatic carbocycles. The van der Waals surface area contributed by atoms with E-state index in [9.17, 15) is 19.5 Å². The van der Waals surface area contributed by atoms with Gasteiger partial charge in [0.15, 0.2) is 0 Å². The van der Waals surface area contributed by atoms with Crippen LogP contribution in [-0.2, 0) is 13.1 Å². The van der Waals surface area contributed by atoms with Crippen molar-refractivity contribution >= 4 is 22.7 Å². The quantitative estimate of drug-likeness (QED) is 0.403. The van der Waals surface area contributed by atoms with Crippen molar-refractivity contribution in [3.8, 4) is 11.4 Å². The van der Waals surface area contributed by atoms with E-state index >= 15 is 0 Å². The van der Waals surface area contributed by atoms with Crippen LogP contribution in [0.3, 0.4) is 0 Å². The van der Waals surface area contributed by atoms with E-state index in [2.05, 4.69) is 4.90 Å². The number of rotatable bonds is 7. The number of aromatic nitrogens is 2. The lowest BCUT2D eigenvalue weighted by atomic mass is 10.1. The first-order valence-electron chi connectivity index (χ1n) is 11.9. The van der Waals surface area contributed by atoms with Crippen molar-refractivity contribution in [2.24, 2.45) is 0 Å². The number of para-hydroxylation sites is 1. The Labute approximate surface area is 208 Å². The van der Waals surface area contributed by atoms with Crippen molar-refractivity contribution in [3.05, 3.63) is 99.6 Å². The van der Waals surface area contributed by atoms with E-state index in [0.717, 1.165) is 18.0 Å². The third-order valence-electron chi connectivity index (χ3n) is 6.63. The molecule has 0 bridgehead atoms. The van der Waals surface area contributed by atoms with Gasteiger partial charge >= 0.3 is 0 Å². The molecule has 0 radical (unpaired) electrons. The lowest BCUT2D eigenvalue weighted by Gasteiger charge is -2.21. The van der Waals surface area contributed by atoms with Gasteiger partial charge in [0.25, 0.3) is 17.4 Å². The fourth-order valence-electron chi connectivity index (χ4n) is 4.60. The number of phenolic OH excluding ortho intramolecular Hbond substituents is 1. The first-order valence-corrected chi connectivity index (χ1v) is 11.9. The molecule has 8 nitrogen and oxygen atoms in total. The minimum absolute atomic E-state index is 0.134. The molecule has 5 rings (SSSR count). The molecular formula is C28H26N4O4. The minimum Gasteiger partial charge on any atom is -0.508 e. The van der Waals surface area contributed by atoms with Gasteiger partial charge in [-0.1, -0.05) is 38.1 Å². The second kappa shape index (κ2) is 9.39. The number of phenols is 1. The molecule has 2 heterocycles. The Bertz CT molecular complexity index is 1520. The highest BCUT2D eigenvalue weighted by atomic mass is 16.3. The molecule has 1 aliphatic heterocycles. The Morgan fingerprint density at radius 3 is 2.17 bits per heavy atom. The Kier molecular flexibility index (Phi) is 6.12. The van der Waals surface area contributed by atoms with Crippen LogP contribution in [0.2, 0.25) is 0 Å². The number of hydrogen-bond donors (Lipinski definition) is 1. The largest absolute Gasteiger partial charge is 0.508 e. The van der Waals surface area contributed by atoms with Crippen LogP contribution in [0.25, 0.3) is 16.6 Å². The van der Waals surface area contributed by atoms with Gasteiger partial charge < -0.3 is 5.11 Å². The number of nitrogens with zero attached hydrogens (tertiary/aromatic N) is 4. The lowest BCUT2D eigenvalue weighted by Crippen LogP contribution is -2.33. The van der Waals surface area contributed by atoms with E-state index in [0.29, 0.717) is 39.8 Å². The predicted octanol–water partition coefficient (Wildman–Crippen LogP) is 3.73. The lowest BCUT2D eigenvalue weighted by molar-refractivity contribution is 0.0637. The number of amides is 2. The fourth-order valence-corrected chi connectivity index (χ4v) is 4.60. The zero-order valence-electron chi connectivity index (χ0n) is 20.1. The summed E-state index contributed by atoms with van der Waals surface area (Å²) < 4.78 is 1.43. The zero-order chi connectivity index (χ0) is 25.4. The second-order valence-corrected chi connectivity index (χ2v) is 8.70. The summed E-state index contributed by atoms with van der Waals surface area (Å²) in [6, 6.07) is 18.6. The molecule has 2 amide bonds. The van der Waals surface area contributed by atoms with Crippen molar-refractivity contribution in [2.45, 2.75) is 26.9 Å². The van der Waals surface area contributed by atoms with Gasteiger partial charge in [0.05, 0.1) is 34.3 Å². The molecule has 0 saturated heterocycles. The van der Waals surface area contributed by atoms with Gasteiger partial charge in [-0.3, -0.25) is 28.8 Å². The molecule has 4 aromatic rings. The summed E-state index contributed by atoms with van der Waals surface area (Å²) in [7, 11) is 0. The number of fused-ring (bicyclic) bond motifs is 2. The summed E-state index contributed by atoms with van der Waals surface area (Å²) in [4.78, 5) is 47.8. The van der Waals surface area contributed by atoms with Crippen molar-refractivity contribution in [1.29, 1.82) is 0 Å². The number of aromatic hydroxyl groups is 1. The third kappa shape index (κ3) is 3.95. The average molecular weight is 483 g/mol. The van der Waals surface area contributed by atoms with Crippen molar-refractivity contribution < 1.29 is 14.7 Å². The van der Waals surface area contributed by atoms with Crippen LogP contribution in [0.15, 0.2) is 71.5 Å². The van der Waals surface area contributed by atoms with E-state index < -0.39 is 11.8 Å². The molecular weight excluding hydrogens is 456 g/mol. The van der Waals surface area contributed by atoms with Gasteiger partial charge in [-0.2, -0.15) is 0 Å². The van der Waals surface area contributed by atoms with E-state index in [4.69, 9.17) is 4.98 Å². The van der Waals surface area contributed by atoms with Crippen LogP contribution in [0, 0.1) is 0 Å². The van der Waals surface area contributed by atoms with Crippen LogP contribution in [0.1, 0.15) is 46.0 Å². The molecule has 8 heteroatoms. The van der Waals surface area contributed by atoms with Gasteiger partial charge in [0.1, 0.15) is 11.6 Å². The zero-order valence-corrected chi connectivity index (χ0v) is 20.1. The van der Waals surface area contributed by atoms with Gasteiger partial charge in [-0.25, -0.2) is 4.98 Å². The first kappa shape index (κ1) is 23.4. The average Bonchev–Trinajstić information content (AvgIpc) is 3.13. The standard InChI is InChI=1S/C28H26N4O4/c1-3-30(4-2)16-18-15-19(13-14-24(18)33)32-25(29-23-12-8-7-11-22(23)28(32)36)17-31-26(34)20-9-5-6-10-21(20)27(31)35/h5-15,33H,3-4,16-17H2,1-2H3. The molecule has 182 valence electrons. The summed E-state index contributed by atoms with van der Waals surface area (Å²) in [5, 5.41) is 10.9. The topological polar surface area (TPSA) is 95.7 Å². The summed E-state index contributed by atoms with van der Waals surface area (Å²) >= 11 is 0. The smallest absolute Gasteiger partial charge is 0.266 e. The van der Waals surface area contributed by atoms with Gasteiger partial charge in [-0.15, -0.1) is 0 Å². The molecule has 36 heavy (non-hydrogen) atoms. The normalized spacial score (nSPS) is 13.1. The second-order valence-electron chi connectivity index (χ2n) is 8.70. The minimum atomic E-state index is -0.419. The van der Waals surface area contributed by atoms with E-state index in [1.54, 1.807) is 66.7 Å². The van der Waals surface area contributed by atoms with Crippen LogP contribution < -0.4 is 5.56 Å². The van der Waals surface area contributed by atoms with Crippen LogP contribution in [0.4, 0.5) is 0 Å². The highest BCUT2D eigenvalue weighted by molar-refractivity contribution is 6.21. The molecule has 0 aliphatic carbocycles. The van der Waals surface area contributed by atoms with E-state index in [-0.39, 0.29) is 23.7 Å². The maximum Gasteiger partial charge on any atom is 0.266 e. The molecule has 0 unspecified atom stereocenters. The summed E-state index contributed by atoms with van der Waals surface area (Å²) in [6.45, 7) is 6.05. The highest BCUT2D eigenvalue weighted by Crippen LogP contribution is 2.26. The third-order valence-corrected chi connectivity index (χ3v) is 6.63. The first-order chi connectivity index (χ1) is 17.4. The SMILES string of the molecule is CCN(CC)Cc1cc(-n2c(CN3C(=O)c4ccccc4C3=O)nc3ccccc3c2=O)ccc1O. The van der Waals surface area contributed by atoms with Crippen molar-refractivity contribution in [2.75, 3.05) is 13.1 Å². The monoisotopic (exact) mass is 482 g/mol. The number of carbonyl (C=O) groups is 2. The van der Waals surface area contributed by atoms with E-state index in [1.165, 1.54) is 4.57 Å². The Morgan fingerprint density at radius 1 is 0.861 bits per heavy atom. The Balaban J connectivity index is 1.65. The predicted molar refractivity (Wildman–Crippen MR) is 136 cm³/mol. The maximum absolute atomic E-state index is 13.7. The van der Waals surface area contributed by atoms with Crippen LogP contribution >= 0.6 is 0 Å². The van der Waals surface area contributed by atoms with Crippen LogP contribution in [0.5, 0.6) is 5.75 Å². The van der Waals surface area contributed by atoms with E-state index in [1.807, 2.05) is 13.8 Å². The number of carbonyl (C=O) groups excluding carboxylic acids is 2. The molecule has 0 fully saturated rings. The van der Waals surface area contributed by atoms with Gasteiger partial charge in [-0.05, 0) is 55.6 Å². The Hall–Kier alpha value is -4.30. The van der Waals surface area contributed by atoms with Crippen LogP contribution in [-0.4, -0.2) is 49.4 Å². The van der Waals surface area contributed by atoms with Gasteiger partial charge in [0, 0.05) is 12.1 Å².